The fraction of sp³-hybridized carbons (Fsp3) is 0.296. The van der Waals surface area contributed by atoms with Gasteiger partial charge in [0.05, 0.1) is 17.6 Å². The molecule has 0 radical (unpaired) electrons. The van der Waals surface area contributed by atoms with E-state index in [9.17, 15) is 18.8 Å². The third-order valence-electron chi connectivity index (χ3n) is 6.22. The maximum Gasteiger partial charge on any atom is 0.306 e. The molecule has 3 N–H and O–H groups in total. The van der Waals surface area contributed by atoms with Gasteiger partial charge in [0.2, 0.25) is 0 Å². The molecule has 0 aliphatic heterocycles. The standard InChI is InChI=1S/C27H27FN2O5/c28-24-16-22(35-21-9-7-18(8-10-21)27(33)34)11-12-23(24)26(32)30-14-13-29-25(31)20-6-5-17-3-1-2-4-19(17)15-20/h1-6,11-12,15-16,18,21H,7-10,13-14H2,(H,29,31)(H,30,32)(H,33,34). The minimum absolute atomic E-state index is 0.118. The Morgan fingerprint density at radius 3 is 2.23 bits per heavy atom. The molecule has 1 saturated carbocycles. The first-order valence-electron chi connectivity index (χ1n) is 11.6. The Balaban J connectivity index is 1.23. The van der Waals surface area contributed by atoms with E-state index in [1.54, 1.807) is 12.1 Å². The molecule has 0 unspecified atom stereocenters. The van der Waals surface area contributed by atoms with Crippen LogP contribution in [0.4, 0.5) is 4.39 Å². The summed E-state index contributed by atoms with van der Waals surface area (Å²) in [6, 6.07) is 17.2. The number of carboxylic acid groups (broad SMARTS) is 1. The van der Waals surface area contributed by atoms with E-state index in [-0.39, 0.29) is 36.6 Å². The Hall–Kier alpha value is -3.94. The molecule has 0 heterocycles. The van der Waals surface area contributed by atoms with Gasteiger partial charge in [-0.05, 0) is 60.7 Å². The van der Waals surface area contributed by atoms with Crippen molar-refractivity contribution in [1.82, 2.24) is 10.6 Å². The topological polar surface area (TPSA) is 105 Å². The third kappa shape index (κ3) is 6.15. The summed E-state index contributed by atoms with van der Waals surface area (Å²) in [4.78, 5) is 35.8. The van der Waals surface area contributed by atoms with Crippen LogP contribution in [0, 0.1) is 11.7 Å². The smallest absolute Gasteiger partial charge is 0.306 e. The first kappa shape index (κ1) is 24.2. The summed E-state index contributed by atoms with van der Waals surface area (Å²) in [6.07, 6.45) is 2.06. The summed E-state index contributed by atoms with van der Waals surface area (Å²) >= 11 is 0. The summed E-state index contributed by atoms with van der Waals surface area (Å²) in [5, 5.41) is 16.4. The lowest BCUT2D eigenvalue weighted by molar-refractivity contribution is -0.143. The van der Waals surface area contributed by atoms with E-state index in [1.807, 2.05) is 30.3 Å². The Morgan fingerprint density at radius 2 is 1.54 bits per heavy atom. The molecule has 0 aromatic heterocycles. The zero-order valence-corrected chi connectivity index (χ0v) is 19.1. The van der Waals surface area contributed by atoms with Crippen LogP contribution in [0.5, 0.6) is 5.75 Å². The number of carbonyl (C=O) groups excluding carboxylic acids is 2. The molecule has 1 fully saturated rings. The highest BCUT2D eigenvalue weighted by Crippen LogP contribution is 2.28. The molecule has 0 spiro atoms. The number of aliphatic carboxylic acids is 1. The number of fused-ring (bicyclic) bond motifs is 1. The van der Waals surface area contributed by atoms with Gasteiger partial charge in [-0.15, -0.1) is 0 Å². The molecule has 2 amide bonds. The fourth-order valence-electron chi connectivity index (χ4n) is 4.25. The molecule has 3 aromatic carbocycles. The van der Waals surface area contributed by atoms with E-state index in [0.29, 0.717) is 37.0 Å². The van der Waals surface area contributed by atoms with Gasteiger partial charge in [0.15, 0.2) is 0 Å². The lowest BCUT2D eigenvalue weighted by atomic mass is 9.87. The van der Waals surface area contributed by atoms with Crippen LogP contribution in [-0.4, -0.2) is 42.1 Å². The first-order valence-corrected chi connectivity index (χ1v) is 11.6. The lowest BCUT2D eigenvalue weighted by Crippen LogP contribution is -2.35. The summed E-state index contributed by atoms with van der Waals surface area (Å²) in [5.41, 5.74) is 0.404. The maximum atomic E-state index is 14.5. The number of nitrogens with one attached hydrogen (secondary N) is 2. The molecule has 1 aliphatic carbocycles. The molecular formula is C27H27FN2O5. The van der Waals surface area contributed by atoms with Crippen molar-refractivity contribution in [2.75, 3.05) is 13.1 Å². The maximum absolute atomic E-state index is 14.5. The summed E-state index contributed by atoms with van der Waals surface area (Å²) < 4.78 is 20.3. The minimum Gasteiger partial charge on any atom is -0.490 e. The minimum atomic E-state index is -0.793. The van der Waals surface area contributed by atoms with Gasteiger partial charge in [0.1, 0.15) is 11.6 Å². The second-order valence-corrected chi connectivity index (χ2v) is 8.65. The van der Waals surface area contributed by atoms with Crippen molar-refractivity contribution in [2.45, 2.75) is 31.8 Å². The summed E-state index contributed by atoms with van der Waals surface area (Å²) in [5.74, 6) is -2.39. The molecule has 182 valence electrons. The van der Waals surface area contributed by atoms with Gasteiger partial charge < -0.3 is 20.5 Å². The van der Waals surface area contributed by atoms with Gasteiger partial charge in [-0.3, -0.25) is 14.4 Å². The Labute approximate surface area is 202 Å². The predicted octanol–water partition coefficient (Wildman–Crippen LogP) is 4.16. The molecule has 0 saturated heterocycles. The number of carboxylic acids is 1. The van der Waals surface area contributed by atoms with Gasteiger partial charge in [0.25, 0.3) is 11.8 Å². The SMILES string of the molecule is O=C(NCCNC(=O)c1ccc(OC2CCC(C(=O)O)CC2)cc1F)c1ccc2ccccc2c1. The van der Waals surface area contributed by atoms with Crippen molar-refractivity contribution in [1.29, 1.82) is 0 Å². The molecular weight excluding hydrogens is 451 g/mol. The van der Waals surface area contributed by atoms with Crippen LogP contribution in [0.25, 0.3) is 10.8 Å². The van der Waals surface area contributed by atoms with Crippen LogP contribution < -0.4 is 15.4 Å². The fourth-order valence-corrected chi connectivity index (χ4v) is 4.25. The average molecular weight is 479 g/mol. The quantitative estimate of drug-likeness (QED) is 0.422. The largest absolute Gasteiger partial charge is 0.490 e. The normalized spacial score (nSPS) is 17.5. The Kier molecular flexibility index (Phi) is 7.60. The van der Waals surface area contributed by atoms with Gasteiger partial charge in [0, 0.05) is 24.7 Å². The van der Waals surface area contributed by atoms with E-state index >= 15 is 0 Å². The zero-order chi connectivity index (χ0) is 24.8. The number of benzene rings is 3. The highest BCUT2D eigenvalue weighted by atomic mass is 19.1. The van der Waals surface area contributed by atoms with Gasteiger partial charge in [-0.2, -0.15) is 0 Å². The number of hydrogen-bond acceptors (Lipinski definition) is 4. The molecule has 0 bridgehead atoms. The molecule has 35 heavy (non-hydrogen) atoms. The Bertz CT molecular complexity index is 1240. The summed E-state index contributed by atoms with van der Waals surface area (Å²) in [7, 11) is 0. The third-order valence-corrected chi connectivity index (χ3v) is 6.22. The second kappa shape index (κ2) is 11.0. The molecule has 4 rings (SSSR count). The van der Waals surface area contributed by atoms with Crippen molar-refractivity contribution in [3.63, 3.8) is 0 Å². The van der Waals surface area contributed by atoms with Crippen molar-refractivity contribution in [2.24, 2.45) is 5.92 Å². The van der Waals surface area contributed by atoms with Crippen LogP contribution in [0.2, 0.25) is 0 Å². The Morgan fingerprint density at radius 1 is 0.857 bits per heavy atom. The van der Waals surface area contributed by atoms with Crippen LogP contribution >= 0.6 is 0 Å². The number of hydrogen-bond donors (Lipinski definition) is 3. The van der Waals surface area contributed by atoms with Crippen molar-refractivity contribution < 1.29 is 28.6 Å². The zero-order valence-electron chi connectivity index (χ0n) is 19.1. The molecule has 0 atom stereocenters. The van der Waals surface area contributed by atoms with E-state index in [1.165, 1.54) is 18.2 Å². The number of carbonyl (C=O) groups is 3. The molecule has 3 aromatic rings. The van der Waals surface area contributed by atoms with Crippen LogP contribution in [0.3, 0.4) is 0 Å². The van der Waals surface area contributed by atoms with Crippen LogP contribution in [0.1, 0.15) is 46.4 Å². The van der Waals surface area contributed by atoms with E-state index in [0.717, 1.165) is 10.8 Å². The van der Waals surface area contributed by atoms with Crippen molar-refractivity contribution in [3.05, 3.63) is 77.6 Å². The molecule has 7 nitrogen and oxygen atoms in total. The number of halogens is 1. The highest BCUT2D eigenvalue weighted by Gasteiger charge is 2.27. The average Bonchev–Trinajstić information content (AvgIpc) is 2.86. The van der Waals surface area contributed by atoms with E-state index < -0.39 is 17.7 Å². The van der Waals surface area contributed by atoms with Gasteiger partial charge in [-0.1, -0.05) is 30.3 Å². The summed E-state index contributed by atoms with van der Waals surface area (Å²) in [6.45, 7) is 0.335. The van der Waals surface area contributed by atoms with Crippen molar-refractivity contribution in [3.8, 4) is 5.75 Å². The number of ether oxygens (including phenoxy) is 1. The molecule has 1 aliphatic rings. The van der Waals surface area contributed by atoms with Crippen molar-refractivity contribution >= 4 is 28.6 Å². The van der Waals surface area contributed by atoms with E-state index in [4.69, 9.17) is 9.84 Å². The number of rotatable bonds is 8. The van der Waals surface area contributed by atoms with Gasteiger partial charge >= 0.3 is 5.97 Å². The van der Waals surface area contributed by atoms with Crippen LogP contribution in [-0.2, 0) is 4.79 Å². The highest BCUT2D eigenvalue weighted by molar-refractivity contribution is 5.98. The second-order valence-electron chi connectivity index (χ2n) is 8.65. The number of amides is 2. The monoisotopic (exact) mass is 478 g/mol. The van der Waals surface area contributed by atoms with E-state index in [2.05, 4.69) is 10.6 Å². The lowest BCUT2D eigenvalue weighted by Gasteiger charge is -2.26. The molecule has 8 heteroatoms. The predicted molar refractivity (Wildman–Crippen MR) is 129 cm³/mol. The van der Waals surface area contributed by atoms with Crippen LogP contribution in [0.15, 0.2) is 60.7 Å². The first-order chi connectivity index (χ1) is 16.9. The van der Waals surface area contributed by atoms with Gasteiger partial charge in [-0.25, -0.2) is 4.39 Å².